The molecule has 140 valence electrons. The van der Waals surface area contributed by atoms with Gasteiger partial charge in [-0.25, -0.2) is 0 Å². The summed E-state index contributed by atoms with van der Waals surface area (Å²) >= 11 is 1.42. The van der Waals surface area contributed by atoms with E-state index in [-0.39, 0.29) is 11.2 Å². The van der Waals surface area contributed by atoms with Crippen LogP contribution in [-0.2, 0) is 17.8 Å². The lowest BCUT2D eigenvalue weighted by atomic mass is 10.1. The summed E-state index contributed by atoms with van der Waals surface area (Å²) in [6.45, 7) is 6.80. The molecule has 0 radical (unpaired) electrons. The summed E-state index contributed by atoms with van der Waals surface area (Å²) < 4.78 is 2.04. The molecule has 2 aromatic carbocycles. The Morgan fingerprint density at radius 1 is 1.07 bits per heavy atom. The number of hydrogen-bond donors (Lipinski definition) is 1. The molecule has 0 saturated carbocycles. The molecule has 5 nitrogen and oxygen atoms in total. The maximum atomic E-state index is 12.6. The van der Waals surface area contributed by atoms with E-state index in [4.69, 9.17) is 0 Å². The highest BCUT2D eigenvalue weighted by Crippen LogP contribution is 2.27. The minimum absolute atomic E-state index is 0.0452. The Hall–Kier alpha value is -2.60. The summed E-state index contributed by atoms with van der Waals surface area (Å²) in [6, 6.07) is 17.9. The molecule has 1 unspecified atom stereocenters. The maximum absolute atomic E-state index is 12.6. The average Bonchev–Trinajstić information content (AvgIpc) is 3.11. The Kier molecular flexibility index (Phi) is 6.29. The van der Waals surface area contributed by atoms with Gasteiger partial charge in [-0.3, -0.25) is 4.79 Å². The summed E-state index contributed by atoms with van der Waals surface area (Å²) in [4.78, 5) is 12.6. The van der Waals surface area contributed by atoms with Crippen LogP contribution in [0.2, 0.25) is 0 Å². The fraction of sp³-hybridized carbons (Fsp3) is 0.286. The van der Waals surface area contributed by atoms with E-state index in [1.165, 1.54) is 17.3 Å². The summed E-state index contributed by atoms with van der Waals surface area (Å²) in [7, 11) is 0. The van der Waals surface area contributed by atoms with Gasteiger partial charge in [-0.15, -0.1) is 10.2 Å². The van der Waals surface area contributed by atoms with Crippen LogP contribution >= 0.6 is 11.8 Å². The molecule has 1 heterocycles. The molecule has 0 fully saturated rings. The zero-order valence-electron chi connectivity index (χ0n) is 15.8. The number of nitrogens with one attached hydrogen (secondary N) is 1. The van der Waals surface area contributed by atoms with Gasteiger partial charge in [-0.2, -0.15) is 0 Å². The van der Waals surface area contributed by atoms with E-state index in [0.717, 1.165) is 35.2 Å². The minimum atomic E-state index is -0.283. The SMILES string of the molecule is CCc1ccc(NC(=O)C(C)Sc2nnc(-c3ccccc3)n2CC)cc1. The number of aromatic nitrogens is 3. The van der Waals surface area contributed by atoms with Crippen molar-refractivity contribution in [3.8, 4) is 11.4 Å². The smallest absolute Gasteiger partial charge is 0.237 e. The van der Waals surface area contributed by atoms with E-state index in [0.29, 0.717) is 0 Å². The van der Waals surface area contributed by atoms with Gasteiger partial charge in [0, 0.05) is 17.8 Å². The van der Waals surface area contributed by atoms with Crippen molar-refractivity contribution >= 4 is 23.4 Å². The van der Waals surface area contributed by atoms with Gasteiger partial charge in [0.25, 0.3) is 0 Å². The molecule has 1 N–H and O–H groups in total. The quantitative estimate of drug-likeness (QED) is 0.606. The van der Waals surface area contributed by atoms with Crippen molar-refractivity contribution in [1.29, 1.82) is 0 Å². The van der Waals surface area contributed by atoms with Crippen LogP contribution in [0.1, 0.15) is 26.3 Å². The number of anilines is 1. The summed E-state index contributed by atoms with van der Waals surface area (Å²) in [5.74, 6) is 0.777. The van der Waals surface area contributed by atoms with Gasteiger partial charge in [0.05, 0.1) is 5.25 Å². The van der Waals surface area contributed by atoms with Crippen LogP contribution in [0.3, 0.4) is 0 Å². The van der Waals surface area contributed by atoms with E-state index in [9.17, 15) is 4.79 Å². The number of benzene rings is 2. The normalized spacial score (nSPS) is 12.0. The third-order valence-electron chi connectivity index (χ3n) is 4.35. The third-order valence-corrected chi connectivity index (χ3v) is 5.43. The molecular formula is C21H24N4OS. The number of carbonyl (C=O) groups is 1. The molecule has 0 aliphatic carbocycles. The molecular weight excluding hydrogens is 356 g/mol. The van der Waals surface area contributed by atoms with Gasteiger partial charge >= 0.3 is 0 Å². The third kappa shape index (κ3) is 4.57. The maximum Gasteiger partial charge on any atom is 0.237 e. The first-order valence-electron chi connectivity index (χ1n) is 9.17. The van der Waals surface area contributed by atoms with Crippen LogP contribution in [-0.4, -0.2) is 25.9 Å². The summed E-state index contributed by atoms with van der Waals surface area (Å²) in [5.41, 5.74) is 3.08. The Bertz CT molecular complexity index is 890. The van der Waals surface area contributed by atoms with Gasteiger partial charge in [0.2, 0.25) is 5.91 Å². The number of hydrogen-bond acceptors (Lipinski definition) is 4. The second kappa shape index (κ2) is 8.86. The Morgan fingerprint density at radius 2 is 1.78 bits per heavy atom. The molecule has 1 atom stereocenters. The number of amides is 1. The van der Waals surface area contributed by atoms with Gasteiger partial charge in [0.1, 0.15) is 0 Å². The van der Waals surface area contributed by atoms with Crippen molar-refractivity contribution in [1.82, 2.24) is 14.8 Å². The fourth-order valence-electron chi connectivity index (χ4n) is 2.74. The first-order valence-corrected chi connectivity index (χ1v) is 10.1. The fourth-order valence-corrected chi connectivity index (χ4v) is 3.65. The van der Waals surface area contributed by atoms with E-state index in [1.54, 1.807) is 0 Å². The molecule has 0 aliphatic heterocycles. The van der Waals surface area contributed by atoms with Gasteiger partial charge < -0.3 is 9.88 Å². The second-order valence-electron chi connectivity index (χ2n) is 6.22. The molecule has 0 spiro atoms. The minimum Gasteiger partial charge on any atom is -0.325 e. The van der Waals surface area contributed by atoms with Crippen molar-refractivity contribution in [2.24, 2.45) is 0 Å². The van der Waals surface area contributed by atoms with Gasteiger partial charge in [-0.05, 0) is 38.0 Å². The van der Waals surface area contributed by atoms with Crippen LogP contribution in [0, 0.1) is 0 Å². The van der Waals surface area contributed by atoms with E-state index in [2.05, 4.69) is 29.4 Å². The van der Waals surface area contributed by atoms with Crippen molar-refractivity contribution in [2.45, 2.75) is 44.1 Å². The molecule has 1 amide bonds. The monoisotopic (exact) mass is 380 g/mol. The van der Waals surface area contributed by atoms with Crippen molar-refractivity contribution in [3.63, 3.8) is 0 Å². The highest BCUT2D eigenvalue weighted by molar-refractivity contribution is 8.00. The molecule has 0 saturated heterocycles. The van der Waals surface area contributed by atoms with Crippen LogP contribution in [0.25, 0.3) is 11.4 Å². The molecule has 3 rings (SSSR count). The average molecular weight is 381 g/mol. The predicted molar refractivity (Wildman–Crippen MR) is 111 cm³/mol. The molecule has 0 aliphatic rings. The first-order chi connectivity index (χ1) is 13.1. The van der Waals surface area contributed by atoms with E-state index < -0.39 is 0 Å². The van der Waals surface area contributed by atoms with Crippen LogP contribution in [0.4, 0.5) is 5.69 Å². The first kappa shape index (κ1) is 19.2. The topological polar surface area (TPSA) is 59.8 Å². The van der Waals surface area contributed by atoms with E-state index in [1.807, 2.05) is 66.1 Å². The number of nitrogens with zero attached hydrogens (tertiary/aromatic N) is 3. The molecule has 27 heavy (non-hydrogen) atoms. The van der Waals surface area contributed by atoms with Gasteiger partial charge in [0.15, 0.2) is 11.0 Å². The highest BCUT2D eigenvalue weighted by atomic mass is 32.2. The number of aryl methyl sites for hydroxylation is 1. The molecule has 3 aromatic rings. The number of carbonyl (C=O) groups excluding carboxylic acids is 1. The zero-order chi connectivity index (χ0) is 19.2. The highest BCUT2D eigenvalue weighted by Gasteiger charge is 2.20. The standard InChI is InChI=1S/C21H24N4OS/c1-4-16-11-13-18(14-12-16)22-20(26)15(3)27-21-24-23-19(25(21)5-2)17-9-7-6-8-10-17/h6-15H,4-5H2,1-3H3,(H,22,26). The van der Waals surface area contributed by atoms with Crippen molar-refractivity contribution in [2.75, 3.05) is 5.32 Å². The van der Waals surface area contributed by atoms with Crippen LogP contribution in [0.5, 0.6) is 0 Å². The van der Waals surface area contributed by atoms with Gasteiger partial charge in [-0.1, -0.05) is 61.2 Å². The Labute approximate surface area is 164 Å². The van der Waals surface area contributed by atoms with E-state index >= 15 is 0 Å². The number of rotatable bonds is 7. The largest absolute Gasteiger partial charge is 0.325 e. The lowest BCUT2D eigenvalue weighted by Crippen LogP contribution is -2.23. The van der Waals surface area contributed by atoms with Crippen molar-refractivity contribution < 1.29 is 4.79 Å². The molecule has 1 aromatic heterocycles. The second-order valence-corrected chi connectivity index (χ2v) is 7.52. The summed E-state index contributed by atoms with van der Waals surface area (Å²) in [6.07, 6.45) is 0.983. The Morgan fingerprint density at radius 3 is 2.41 bits per heavy atom. The van der Waals surface area contributed by atoms with Crippen molar-refractivity contribution in [3.05, 3.63) is 60.2 Å². The zero-order valence-corrected chi connectivity index (χ0v) is 16.7. The number of thioether (sulfide) groups is 1. The Balaban J connectivity index is 1.70. The lowest BCUT2D eigenvalue weighted by molar-refractivity contribution is -0.115. The molecule has 6 heteroatoms. The predicted octanol–water partition coefficient (Wildman–Crippen LogP) is 4.65. The summed E-state index contributed by atoms with van der Waals surface area (Å²) in [5, 5.41) is 12.1. The lowest BCUT2D eigenvalue weighted by Gasteiger charge is -2.13. The van der Waals surface area contributed by atoms with Crippen LogP contribution < -0.4 is 5.32 Å². The van der Waals surface area contributed by atoms with Crippen LogP contribution in [0.15, 0.2) is 59.8 Å². The molecule has 0 bridgehead atoms.